The Balaban J connectivity index is 2.10. The van der Waals surface area contributed by atoms with Crippen molar-refractivity contribution < 1.29 is 4.79 Å². The molecule has 0 aromatic carbocycles. The van der Waals surface area contributed by atoms with Gasteiger partial charge in [0.1, 0.15) is 0 Å². The molecule has 4 nitrogen and oxygen atoms in total. The van der Waals surface area contributed by atoms with Crippen molar-refractivity contribution in [2.45, 2.75) is 32.6 Å². The Kier molecular flexibility index (Phi) is 4.45. The highest BCUT2D eigenvalue weighted by Crippen LogP contribution is 2.20. The average molecular weight is 269 g/mol. The quantitative estimate of drug-likeness (QED) is 0.926. The second-order valence-corrected chi connectivity index (χ2v) is 5.15. The van der Waals surface area contributed by atoms with Crippen LogP contribution < -0.4 is 5.32 Å². The summed E-state index contributed by atoms with van der Waals surface area (Å²) in [6, 6.07) is 5.68. The summed E-state index contributed by atoms with van der Waals surface area (Å²) in [7, 11) is 0. The summed E-state index contributed by atoms with van der Waals surface area (Å²) < 4.78 is 0. The van der Waals surface area contributed by atoms with Crippen molar-refractivity contribution in [3.8, 4) is 0 Å². The van der Waals surface area contributed by atoms with Crippen LogP contribution in [-0.2, 0) is 4.79 Å². The van der Waals surface area contributed by atoms with Crippen molar-refractivity contribution in [3.05, 3.63) is 54.1 Å². The molecule has 0 saturated carbocycles. The molecule has 0 aliphatic rings. The lowest BCUT2D eigenvalue weighted by Gasteiger charge is -2.13. The van der Waals surface area contributed by atoms with Crippen LogP contribution in [-0.4, -0.2) is 15.9 Å². The van der Waals surface area contributed by atoms with Crippen molar-refractivity contribution >= 4 is 11.6 Å². The van der Waals surface area contributed by atoms with E-state index in [4.69, 9.17) is 0 Å². The summed E-state index contributed by atoms with van der Waals surface area (Å²) in [5.74, 6) is 0.122. The Bertz CT molecular complexity index is 581. The topological polar surface area (TPSA) is 54.9 Å². The SMILES string of the molecule is CC(C)c1cncc(NC(=O)[C@H](C)c2ccncc2)c1. The maximum atomic E-state index is 12.2. The van der Waals surface area contributed by atoms with Crippen LogP contribution in [0.5, 0.6) is 0 Å². The molecule has 2 aromatic heterocycles. The van der Waals surface area contributed by atoms with Crippen molar-refractivity contribution in [1.29, 1.82) is 0 Å². The first kappa shape index (κ1) is 14.2. The van der Waals surface area contributed by atoms with Gasteiger partial charge in [-0.25, -0.2) is 0 Å². The number of nitrogens with zero attached hydrogens (tertiary/aromatic N) is 2. The first-order valence-electron chi connectivity index (χ1n) is 6.73. The standard InChI is InChI=1S/C16H19N3O/c1-11(2)14-8-15(10-18-9-14)19-16(20)12(3)13-4-6-17-7-5-13/h4-12H,1-3H3,(H,19,20)/t12-/m1/s1. The molecule has 0 fully saturated rings. The van der Waals surface area contributed by atoms with E-state index in [1.807, 2.05) is 31.3 Å². The second-order valence-electron chi connectivity index (χ2n) is 5.15. The lowest BCUT2D eigenvalue weighted by molar-refractivity contribution is -0.117. The maximum absolute atomic E-state index is 12.2. The minimum Gasteiger partial charge on any atom is -0.324 e. The third-order valence-electron chi connectivity index (χ3n) is 3.29. The molecule has 4 heteroatoms. The van der Waals surface area contributed by atoms with E-state index in [9.17, 15) is 4.79 Å². The third-order valence-corrected chi connectivity index (χ3v) is 3.29. The summed E-state index contributed by atoms with van der Waals surface area (Å²) in [5.41, 5.74) is 2.80. The third kappa shape index (κ3) is 3.41. The van der Waals surface area contributed by atoms with Gasteiger partial charge in [-0.3, -0.25) is 14.8 Å². The van der Waals surface area contributed by atoms with E-state index in [0.717, 1.165) is 16.8 Å². The average Bonchev–Trinajstić information content (AvgIpc) is 2.47. The fourth-order valence-corrected chi connectivity index (χ4v) is 1.90. The molecule has 1 amide bonds. The van der Waals surface area contributed by atoms with Crippen molar-refractivity contribution in [3.63, 3.8) is 0 Å². The Labute approximate surface area is 119 Å². The van der Waals surface area contributed by atoms with E-state index in [0.29, 0.717) is 5.92 Å². The van der Waals surface area contributed by atoms with Crippen LogP contribution in [0.15, 0.2) is 43.0 Å². The summed E-state index contributed by atoms with van der Waals surface area (Å²) in [6.07, 6.45) is 6.88. The highest BCUT2D eigenvalue weighted by molar-refractivity contribution is 5.95. The first-order valence-corrected chi connectivity index (χ1v) is 6.73. The molecule has 1 N–H and O–H groups in total. The zero-order valence-corrected chi connectivity index (χ0v) is 12.0. The van der Waals surface area contributed by atoms with Gasteiger partial charge < -0.3 is 5.32 Å². The van der Waals surface area contributed by atoms with Crippen LogP contribution in [0, 0.1) is 0 Å². The minimum atomic E-state index is -0.222. The Morgan fingerprint density at radius 1 is 1.05 bits per heavy atom. The van der Waals surface area contributed by atoms with E-state index in [-0.39, 0.29) is 11.8 Å². The van der Waals surface area contributed by atoms with Gasteiger partial charge in [0.2, 0.25) is 5.91 Å². The maximum Gasteiger partial charge on any atom is 0.231 e. The second kappa shape index (κ2) is 6.28. The van der Waals surface area contributed by atoms with Crippen LogP contribution >= 0.6 is 0 Å². The van der Waals surface area contributed by atoms with E-state index < -0.39 is 0 Å². The van der Waals surface area contributed by atoms with Gasteiger partial charge >= 0.3 is 0 Å². The lowest BCUT2D eigenvalue weighted by Crippen LogP contribution is -2.19. The van der Waals surface area contributed by atoms with Crippen LogP contribution in [0.3, 0.4) is 0 Å². The largest absolute Gasteiger partial charge is 0.324 e. The summed E-state index contributed by atoms with van der Waals surface area (Å²) >= 11 is 0. The van der Waals surface area contributed by atoms with E-state index in [2.05, 4.69) is 29.1 Å². The number of rotatable bonds is 4. The smallest absolute Gasteiger partial charge is 0.231 e. The van der Waals surface area contributed by atoms with E-state index in [1.165, 1.54) is 0 Å². The predicted octanol–water partition coefficient (Wildman–Crippen LogP) is 3.34. The fraction of sp³-hybridized carbons (Fsp3) is 0.312. The van der Waals surface area contributed by atoms with Gasteiger partial charge in [-0.15, -0.1) is 0 Å². The Morgan fingerprint density at radius 2 is 1.75 bits per heavy atom. The number of carbonyl (C=O) groups is 1. The molecule has 0 aliphatic heterocycles. The molecule has 0 saturated heterocycles. The van der Waals surface area contributed by atoms with Crippen LogP contribution in [0.25, 0.3) is 0 Å². The molecular formula is C16H19N3O. The zero-order chi connectivity index (χ0) is 14.5. The Morgan fingerprint density at radius 3 is 2.40 bits per heavy atom. The molecule has 0 unspecified atom stereocenters. The summed E-state index contributed by atoms with van der Waals surface area (Å²) in [5, 5.41) is 2.91. The van der Waals surface area contributed by atoms with Crippen LogP contribution in [0.4, 0.5) is 5.69 Å². The van der Waals surface area contributed by atoms with Crippen LogP contribution in [0.2, 0.25) is 0 Å². The van der Waals surface area contributed by atoms with Gasteiger partial charge in [-0.1, -0.05) is 13.8 Å². The van der Waals surface area contributed by atoms with Gasteiger partial charge in [0, 0.05) is 18.6 Å². The zero-order valence-electron chi connectivity index (χ0n) is 12.0. The van der Waals surface area contributed by atoms with Crippen molar-refractivity contribution in [2.75, 3.05) is 5.32 Å². The number of hydrogen-bond acceptors (Lipinski definition) is 3. The number of hydrogen-bond donors (Lipinski definition) is 1. The van der Waals surface area contributed by atoms with E-state index in [1.54, 1.807) is 18.6 Å². The number of anilines is 1. The van der Waals surface area contributed by atoms with Crippen molar-refractivity contribution in [1.82, 2.24) is 9.97 Å². The molecule has 104 valence electrons. The number of pyridine rings is 2. The van der Waals surface area contributed by atoms with Gasteiger partial charge in [-0.05, 0) is 42.2 Å². The molecule has 0 spiro atoms. The normalized spacial score (nSPS) is 12.2. The Hall–Kier alpha value is -2.23. The molecule has 2 heterocycles. The molecular weight excluding hydrogens is 250 g/mol. The summed E-state index contributed by atoms with van der Waals surface area (Å²) in [6.45, 7) is 6.08. The number of nitrogens with one attached hydrogen (secondary N) is 1. The van der Waals surface area contributed by atoms with Crippen LogP contribution in [0.1, 0.15) is 43.7 Å². The van der Waals surface area contributed by atoms with Gasteiger partial charge in [0.05, 0.1) is 17.8 Å². The first-order chi connectivity index (χ1) is 9.58. The number of aromatic nitrogens is 2. The predicted molar refractivity (Wildman–Crippen MR) is 79.6 cm³/mol. The molecule has 1 atom stereocenters. The molecule has 0 radical (unpaired) electrons. The minimum absolute atomic E-state index is 0.0427. The molecule has 2 rings (SSSR count). The van der Waals surface area contributed by atoms with E-state index >= 15 is 0 Å². The van der Waals surface area contributed by atoms with Crippen molar-refractivity contribution in [2.24, 2.45) is 0 Å². The number of amides is 1. The summed E-state index contributed by atoms with van der Waals surface area (Å²) in [4.78, 5) is 20.4. The molecule has 20 heavy (non-hydrogen) atoms. The van der Waals surface area contributed by atoms with Gasteiger partial charge in [-0.2, -0.15) is 0 Å². The monoisotopic (exact) mass is 269 g/mol. The molecule has 0 bridgehead atoms. The van der Waals surface area contributed by atoms with Gasteiger partial charge in [0.25, 0.3) is 0 Å². The lowest BCUT2D eigenvalue weighted by atomic mass is 10.0. The highest BCUT2D eigenvalue weighted by Gasteiger charge is 2.15. The van der Waals surface area contributed by atoms with Gasteiger partial charge in [0.15, 0.2) is 0 Å². The molecule has 2 aromatic rings. The highest BCUT2D eigenvalue weighted by atomic mass is 16.1. The fourth-order valence-electron chi connectivity index (χ4n) is 1.90. The molecule has 0 aliphatic carbocycles. The number of carbonyl (C=O) groups excluding carboxylic acids is 1.